The number of nitrogens with one attached hydrogen (secondary N) is 1. The van der Waals surface area contributed by atoms with Crippen molar-refractivity contribution < 1.29 is 32.6 Å². The lowest BCUT2D eigenvalue weighted by molar-refractivity contribution is -0.146. The summed E-state index contributed by atoms with van der Waals surface area (Å²) >= 11 is 3.31. The van der Waals surface area contributed by atoms with Crippen molar-refractivity contribution in [3.05, 3.63) is 69.7 Å². The number of halogens is 4. The van der Waals surface area contributed by atoms with Crippen LogP contribution in [0.4, 0.5) is 13.2 Å². The summed E-state index contributed by atoms with van der Waals surface area (Å²) in [7, 11) is 1.16. The second-order valence-corrected chi connectivity index (χ2v) is 6.86. The van der Waals surface area contributed by atoms with Crippen molar-refractivity contribution in [1.29, 1.82) is 0 Å². The third-order valence-corrected chi connectivity index (χ3v) is 4.43. The maximum Gasteiger partial charge on any atom is 0.416 e. The van der Waals surface area contributed by atoms with E-state index in [1.807, 2.05) is 0 Å². The lowest BCUT2D eigenvalue weighted by Gasteiger charge is -2.19. The second kappa shape index (κ2) is 9.20. The zero-order valence-electron chi connectivity index (χ0n) is 14.7. The Balaban J connectivity index is 2.12. The van der Waals surface area contributed by atoms with Crippen molar-refractivity contribution in [2.24, 2.45) is 0 Å². The van der Waals surface area contributed by atoms with Crippen LogP contribution >= 0.6 is 15.9 Å². The van der Waals surface area contributed by atoms with Crippen LogP contribution in [0, 0.1) is 0 Å². The van der Waals surface area contributed by atoms with Gasteiger partial charge in [0.15, 0.2) is 6.10 Å². The summed E-state index contributed by atoms with van der Waals surface area (Å²) in [6.07, 6.45) is -6.15. The van der Waals surface area contributed by atoms with Crippen molar-refractivity contribution in [2.45, 2.75) is 24.7 Å². The van der Waals surface area contributed by atoms with Crippen LogP contribution < -0.4 is 5.32 Å². The van der Waals surface area contributed by atoms with Crippen molar-refractivity contribution >= 4 is 27.8 Å². The predicted octanol–water partition coefficient (Wildman–Crippen LogP) is 3.40. The predicted molar refractivity (Wildman–Crippen MR) is 98.2 cm³/mol. The summed E-state index contributed by atoms with van der Waals surface area (Å²) in [5.74, 6) is -1.64. The number of methoxy groups -OCH3 is 1. The monoisotopic (exact) mass is 459 g/mol. The van der Waals surface area contributed by atoms with Crippen LogP contribution in [-0.4, -0.2) is 30.1 Å². The molecule has 0 aliphatic carbocycles. The van der Waals surface area contributed by atoms with Gasteiger partial charge >= 0.3 is 12.1 Å². The molecule has 0 unspecified atom stereocenters. The molecule has 5 nitrogen and oxygen atoms in total. The lowest BCUT2D eigenvalue weighted by Crippen LogP contribution is -2.45. The molecular weight excluding hydrogens is 443 g/mol. The standard InChI is InChI=1S/C19H17BrF3NO4/c1-28-18(27)15(10-11-3-2-4-14(20)9-11)24-17(26)16(25)12-5-7-13(8-6-12)19(21,22)23/h2-9,15-16,25H,10H2,1H3,(H,24,26)/t15-,16+/m1/s1. The molecule has 2 aromatic carbocycles. The maximum atomic E-state index is 12.6. The summed E-state index contributed by atoms with van der Waals surface area (Å²) in [5, 5.41) is 12.5. The Morgan fingerprint density at radius 1 is 1.18 bits per heavy atom. The molecule has 2 rings (SSSR count). The van der Waals surface area contributed by atoms with E-state index in [2.05, 4.69) is 26.0 Å². The topological polar surface area (TPSA) is 75.6 Å². The summed E-state index contributed by atoms with van der Waals surface area (Å²) in [6, 6.07) is 9.54. The van der Waals surface area contributed by atoms with Gasteiger partial charge in [-0.2, -0.15) is 13.2 Å². The van der Waals surface area contributed by atoms with Crippen LogP contribution in [0.3, 0.4) is 0 Å². The molecule has 0 bridgehead atoms. The van der Waals surface area contributed by atoms with Gasteiger partial charge in [0.05, 0.1) is 12.7 Å². The SMILES string of the molecule is COC(=O)[C@@H](Cc1cccc(Br)c1)NC(=O)[C@@H](O)c1ccc(C(F)(F)F)cc1. The zero-order valence-corrected chi connectivity index (χ0v) is 16.3. The number of amides is 1. The quantitative estimate of drug-likeness (QED) is 0.649. The van der Waals surface area contributed by atoms with Gasteiger partial charge in [-0.1, -0.05) is 40.2 Å². The number of hydrogen-bond acceptors (Lipinski definition) is 4. The minimum Gasteiger partial charge on any atom is -0.467 e. The Labute approximate surface area is 167 Å². The first-order valence-electron chi connectivity index (χ1n) is 8.09. The first kappa shape index (κ1) is 21.9. The molecule has 2 N–H and O–H groups in total. The smallest absolute Gasteiger partial charge is 0.416 e. The van der Waals surface area contributed by atoms with E-state index in [1.54, 1.807) is 24.3 Å². The number of aliphatic hydroxyl groups excluding tert-OH is 1. The third-order valence-electron chi connectivity index (χ3n) is 3.93. The molecule has 2 aromatic rings. The Morgan fingerprint density at radius 2 is 1.82 bits per heavy atom. The van der Waals surface area contributed by atoms with Gasteiger partial charge in [-0.05, 0) is 35.4 Å². The van der Waals surface area contributed by atoms with Crippen molar-refractivity contribution in [1.82, 2.24) is 5.32 Å². The first-order valence-corrected chi connectivity index (χ1v) is 8.89. The highest BCUT2D eigenvalue weighted by atomic mass is 79.9. The van der Waals surface area contributed by atoms with E-state index in [4.69, 9.17) is 0 Å². The van der Waals surface area contributed by atoms with E-state index in [-0.39, 0.29) is 12.0 Å². The normalized spacial score (nSPS) is 13.5. The van der Waals surface area contributed by atoms with Crippen LogP contribution in [0.15, 0.2) is 53.0 Å². The molecule has 0 aliphatic heterocycles. The van der Waals surface area contributed by atoms with Gasteiger partial charge in [0, 0.05) is 10.9 Å². The first-order chi connectivity index (χ1) is 13.1. The molecule has 1 amide bonds. The van der Waals surface area contributed by atoms with Gasteiger partial charge in [-0.15, -0.1) is 0 Å². The summed E-state index contributed by atoms with van der Waals surface area (Å²) in [5.41, 5.74) is -0.198. The number of aliphatic hydroxyl groups is 1. The second-order valence-electron chi connectivity index (χ2n) is 5.94. The number of hydrogen-bond donors (Lipinski definition) is 2. The fourth-order valence-electron chi connectivity index (χ4n) is 2.49. The molecule has 0 heterocycles. The molecule has 9 heteroatoms. The van der Waals surface area contributed by atoms with E-state index >= 15 is 0 Å². The number of benzene rings is 2. The molecule has 0 saturated carbocycles. The molecule has 0 aliphatic rings. The van der Waals surface area contributed by atoms with Crippen molar-refractivity contribution in [2.75, 3.05) is 7.11 Å². The van der Waals surface area contributed by atoms with E-state index in [0.717, 1.165) is 41.4 Å². The summed E-state index contributed by atoms with van der Waals surface area (Å²) < 4.78 is 43.3. The molecular formula is C19H17BrF3NO4. The number of esters is 1. The molecule has 0 saturated heterocycles. The van der Waals surface area contributed by atoms with Crippen molar-refractivity contribution in [3.63, 3.8) is 0 Å². The van der Waals surface area contributed by atoms with Crippen LogP contribution in [0.1, 0.15) is 22.8 Å². The zero-order chi connectivity index (χ0) is 20.9. The minimum absolute atomic E-state index is 0.0310. The average molecular weight is 460 g/mol. The van der Waals surface area contributed by atoms with Gasteiger partial charge in [-0.25, -0.2) is 4.79 Å². The fraction of sp³-hybridized carbons (Fsp3) is 0.263. The van der Waals surface area contributed by atoms with Gasteiger partial charge in [-0.3, -0.25) is 4.79 Å². The molecule has 28 heavy (non-hydrogen) atoms. The number of carbonyl (C=O) groups excluding carboxylic acids is 2. The molecule has 0 aromatic heterocycles. The van der Waals surface area contributed by atoms with E-state index in [9.17, 15) is 27.9 Å². The number of alkyl halides is 3. The largest absolute Gasteiger partial charge is 0.467 e. The Hall–Kier alpha value is -2.39. The average Bonchev–Trinajstić information content (AvgIpc) is 2.65. The van der Waals surface area contributed by atoms with Gasteiger partial charge in [0.1, 0.15) is 6.04 Å². The van der Waals surface area contributed by atoms with Crippen LogP contribution in [0.25, 0.3) is 0 Å². The van der Waals surface area contributed by atoms with Gasteiger partial charge in [0.2, 0.25) is 0 Å². The third kappa shape index (κ3) is 5.80. The Kier molecular flexibility index (Phi) is 7.20. The fourth-order valence-corrected chi connectivity index (χ4v) is 2.94. The van der Waals surface area contributed by atoms with Gasteiger partial charge in [0.25, 0.3) is 5.91 Å². The van der Waals surface area contributed by atoms with Gasteiger partial charge < -0.3 is 15.2 Å². The number of ether oxygens (including phenoxy) is 1. The van der Waals surface area contributed by atoms with Crippen molar-refractivity contribution in [3.8, 4) is 0 Å². The van der Waals surface area contributed by atoms with Crippen LogP contribution in [0.5, 0.6) is 0 Å². The highest BCUT2D eigenvalue weighted by Gasteiger charge is 2.31. The van der Waals surface area contributed by atoms with E-state index in [1.165, 1.54) is 0 Å². The van der Waals surface area contributed by atoms with Crippen LogP contribution in [-0.2, 0) is 26.9 Å². The molecule has 150 valence electrons. The van der Waals surface area contributed by atoms with Crippen LogP contribution in [0.2, 0.25) is 0 Å². The number of carbonyl (C=O) groups is 2. The maximum absolute atomic E-state index is 12.6. The number of rotatable bonds is 6. The summed E-state index contributed by atoms with van der Waals surface area (Å²) in [4.78, 5) is 24.3. The summed E-state index contributed by atoms with van der Waals surface area (Å²) in [6.45, 7) is 0. The molecule has 2 atom stereocenters. The minimum atomic E-state index is -4.52. The van der Waals surface area contributed by atoms with E-state index < -0.39 is 35.8 Å². The lowest BCUT2D eigenvalue weighted by atomic mass is 10.0. The molecule has 0 spiro atoms. The highest BCUT2D eigenvalue weighted by Crippen LogP contribution is 2.30. The highest BCUT2D eigenvalue weighted by molar-refractivity contribution is 9.10. The molecule has 0 radical (unpaired) electrons. The van der Waals surface area contributed by atoms with E-state index in [0.29, 0.717) is 0 Å². The molecule has 0 fully saturated rings. The Morgan fingerprint density at radius 3 is 2.36 bits per heavy atom. The Bertz CT molecular complexity index is 840.